The Morgan fingerprint density at radius 1 is 1.14 bits per heavy atom. The molecule has 0 radical (unpaired) electrons. The predicted octanol–water partition coefficient (Wildman–Crippen LogP) is 5.74. The molecule has 0 amide bonds. The number of allylic oxidation sites excluding steroid dienone is 3. The van der Waals surface area contributed by atoms with Gasteiger partial charge in [-0.05, 0) is 54.5 Å². The van der Waals surface area contributed by atoms with Crippen molar-refractivity contribution >= 4 is 11.8 Å². The van der Waals surface area contributed by atoms with E-state index >= 15 is 0 Å². The van der Waals surface area contributed by atoms with Gasteiger partial charge in [-0.25, -0.2) is 4.79 Å². The summed E-state index contributed by atoms with van der Waals surface area (Å²) in [5, 5.41) is 13.6. The molecular formula is C30H35NO5. The molecule has 1 aliphatic heterocycles. The molecule has 36 heavy (non-hydrogen) atoms. The van der Waals surface area contributed by atoms with Gasteiger partial charge in [0, 0.05) is 35.2 Å². The van der Waals surface area contributed by atoms with Crippen molar-refractivity contribution < 1.29 is 24.2 Å². The standard InChI is InChI=1S/C30H35NO5/c1-6-30(3,4)17-36-29(34)26-18(2)31-23-15-20(22-12-7-8-13-25(22)35-5)16-24(33)28(23)27(26)19-10-9-11-21(32)14-19/h7-14,20,27,31-32H,6,15-17H2,1-5H3. The molecule has 0 spiro atoms. The third kappa shape index (κ3) is 5.03. The van der Waals surface area contributed by atoms with Gasteiger partial charge in [0.25, 0.3) is 0 Å². The summed E-state index contributed by atoms with van der Waals surface area (Å²) >= 11 is 0. The minimum atomic E-state index is -0.614. The quantitative estimate of drug-likeness (QED) is 0.483. The second kappa shape index (κ2) is 10.2. The number of phenolic OH excluding ortho intramolecular Hbond substituents is 1. The first-order chi connectivity index (χ1) is 17.1. The Kier molecular flexibility index (Phi) is 7.25. The van der Waals surface area contributed by atoms with Gasteiger partial charge in [0.15, 0.2) is 5.78 Å². The second-order valence-corrected chi connectivity index (χ2v) is 10.4. The minimum Gasteiger partial charge on any atom is -0.508 e. The van der Waals surface area contributed by atoms with E-state index in [0.717, 1.165) is 23.4 Å². The molecular weight excluding hydrogens is 454 g/mol. The molecule has 2 aromatic carbocycles. The summed E-state index contributed by atoms with van der Waals surface area (Å²) < 4.78 is 11.3. The average Bonchev–Trinajstić information content (AvgIpc) is 2.86. The number of benzene rings is 2. The van der Waals surface area contributed by atoms with Crippen molar-refractivity contribution in [3.8, 4) is 11.5 Å². The molecule has 4 rings (SSSR count). The largest absolute Gasteiger partial charge is 0.508 e. The maximum absolute atomic E-state index is 13.7. The van der Waals surface area contributed by atoms with Crippen molar-refractivity contribution in [3.63, 3.8) is 0 Å². The lowest BCUT2D eigenvalue weighted by Gasteiger charge is -2.37. The molecule has 2 aliphatic rings. The zero-order valence-electron chi connectivity index (χ0n) is 21.7. The van der Waals surface area contributed by atoms with Gasteiger partial charge >= 0.3 is 5.97 Å². The van der Waals surface area contributed by atoms with Crippen LogP contribution < -0.4 is 10.1 Å². The minimum absolute atomic E-state index is 0.0281. The Morgan fingerprint density at radius 3 is 2.58 bits per heavy atom. The highest BCUT2D eigenvalue weighted by Crippen LogP contribution is 2.47. The molecule has 0 aromatic heterocycles. The normalized spacial score (nSPS) is 20.1. The molecule has 2 unspecified atom stereocenters. The Bertz CT molecular complexity index is 1240. The van der Waals surface area contributed by atoms with E-state index in [1.54, 1.807) is 25.3 Å². The van der Waals surface area contributed by atoms with Crippen LogP contribution in [0, 0.1) is 5.41 Å². The van der Waals surface area contributed by atoms with E-state index in [0.29, 0.717) is 35.2 Å². The van der Waals surface area contributed by atoms with Crippen LogP contribution in [0.3, 0.4) is 0 Å². The van der Waals surface area contributed by atoms with Gasteiger partial charge < -0.3 is 19.9 Å². The number of hydrogen-bond donors (Lipinski definition) is 2. The van der Waals surface area contributed by atoms with Crippen molar-refractivity contribution in [3.05, 3.63) is 82.2 Å². The van der Waals surface area contributed by atoms with E-state index < -0.39 is 11.9 Å². The van der Waals surface area contributed by atoms with Crippen LogP contribution in [-0.2, 0) is 14.3 Å². The molecule has 1 aliphatic carbocycles. The number of carbonyl (C=O) groups excluding carboxylic acids is 2. The number of ether oxygens (including phenoxy) is 2. The highest BCUT2D eigenvalue weighted by atomic mass is 16.5. The summed E-state index contributed by atoms with van der Waals surface area (Å²) in [6.45, 7) is 8.29. The third-order valence-electron chi connectivity index (χ3n) is 7.38. The average molecular weight is 490 g/mol. The van der Waals surface area contributed by atoms with Gasteiger partial charge in [0.05, 0.1) is 19.3 Å². The molecule has 2 aromatic rings. The number of aromatic hydroxyl groups is 1. The highest BCUT2D eigenvalue weighted by Gasteiger charge is 2.42. The van der Waals surface area contributed by atoms with Crippen molar-refractivity contribution in [2.24, 2.45) is 5.41 Å². The Balaban J connectivity index is 1.76. The summed E-state index contributed by atoms with van der Waals surface area (Å²) in [7, 11) is 1.63. The summed E-state index contributed by atoms with van der Waals surface area (Å²) in [6.07, 6.45) is 1.78. The van der Waals surface area contributed by atoms with E-state index in [9.17, 15) is 14.7 Å². The Labute approximate surface area is 213 Å². The SMILES string of the molecule is CCC(C)(C)COC(=O)C1=C(C)NC2=C(C(=O)CC(c3ccccc3OC)C2)C1c1cccc(O)c1. The fraction of sp³-hybridized carbons (Fsp3) is 0.400. The van der Waals surface area contributed by atoms with Crippen molar-refractivity contribution in [1.82, 2.24) is 5.32 Å². The Hall–Kier alpha value is -3.54. The van der Waals surface area contributed by atoms with Crippen molar-refractivity contribution in [1.29, 1.82) is 0 Å². The van der Waals surface area contributed by atoms with Crippen LogP contribution in [0.4, 0.5) is 0 Å². The topological polar surface area (TPSA) is 84.9 Å². The summed E-state index contributed by atoms with van der Waals surface area (Å²) in [5.74, 6) is -0.288. The van der Waals surface area contributed by atoms with E-state index in [2.05, 4.69) is 26.1 Å². The van der Waals surface area contributed by atoms with Gasteiger partial charge in [-0.3, -0.25) is 4.79 Å². The lowest BCUT2D eigenvalue weighted by atomic mass is 9.71. The first kappa shape index (κ1) is 25.5. The third-order valence-corrected chi connectivity index (χ3v) is 7.38. The van der Waals surface area contributed by atoms with Gasteiger partial charge in [0.2, 0.25) is 0 Å². The predicted molar refractivity (Wildman–Crippen MR) is 139 cm³/mol. The van der Waals surface area contributed by atoms with Gasteiger partial charge in [-0.2, -0.15) is 0 Å². The maximum atomic E-state index is 13.7. The molecule has 0 saturated heterocycles. The molecule has 0 saturated carbocycles. The number of esters is 1. The van der Waals surface area contributed by atoms with Gasteiger partial charge in [-0.15, -0.1) is 0 Å². The number of rotatable bonds is 7. The zero-order chi connectivity index (χ0) is 26.0. The fourth-order valence-corrected chi connectivity index (χ4v) is 5.01. The van der Waals surface area contributed by atoms with Crippen molar-refractivity contribution in [2.45, 2.75) is 58.8 Å². The van der Waals surface area contributed by atoms with Crippen molar-refractivity contribution in [2.75, 3.05) is 13.7 Å². The fourth-order valence-electron chi connectivity index (χ4n) is 5.01. The molecule has 2 N–H and O–H groups in total. The van der Waals surface area contributed by atoms with Crippen LogP contribution in [0.1, 0.15) is 69.9 Å². The van der Waals surface area contributed by atoms with E-state index in [4.69, 9.17) is 9.47 Å². The molecule has 0 fully saturated rings. The van der Waals surface area contributed by atoms with E-state index in [1.165, 1.54) is 0 Å². The molecule has 1 heterocycles. The number of para-hydroxylation sites is 1. The summed E-state index contributed by atoms with van der Waals surface area (Å²) in [4.78, 5) is 27.2. The zero-order valence-corrected chi connectivity index (χ0v) is 21.7. The van der Waals surface area contributed by atoms with E-state index in [-0.39, 0.29) is 29.5 Å². The number of dihydropyridines is 1. The Morgan fingerprint density at radius 2 is 1.89 bits per heavy atom. The molecule has 6 heteroatoms. The smallest absolute Gasteiger partial charge is 0.336 e. The molecule has 2 atom stereocenters. The number of phenols is 1. The number of carbonyl (C=O) groups is 2. The lowest BCUT2D eigenvalue weighted by molar-refractivity contribution is -0.142. The maximum Gasteiger partial charge on any atom is 0.336 e. The van der Waals surface area contributed by atoms with Crippen LogP contribution in [-0.4, -0.2) is 30.6 Å². The molecule has 6 nitrogen and oxygen atoms in total. The van der Waals surface area contributed by atoms with Crippen LogP contribution in [0.25, 0.3) is 0 Å². The van der Waals surface area contributed by atoms with Crippen LogP contribution >= 0.6 is 0 Å². The number of ketones is 1. The second-order valence-electron chi connectivity index (χ2n) is 10.4. The number of Topliss-reactive ketones (excluding diaryl/α,β-unsaturated/α-hetero) is 1. The lowest BCUT2D eigenvalue weighted by Crippen LogP contribution is -2.36. The first-order valence-electron chi connectivity index (χ1n) is 12.5. The molecule has 190 valence electrons. The number of nitrogens with one attached hydrogen (secondary N) is 1. The van der Waals surface area contributed by atoms with E-state index in [1.807, 2.05) is 37.3 Å². The van der Waals surface area contributed by atoms with Crippen LogP contribution in [0.15, 0.2) is 71.1 Å². The number of hydrogen-bond acceptors (Lipinski definition) is 6. The molecule has 0 bridgehead atoms. The summed E-state index contributed by atoms with van der Waals surface area (Å²) in [5.41, 5.74) is 3.97. The highest BCUT2D eigenvalue weighted by molar-refractivity contribution is 6.04. The van der Waals surface area contributed by atoms with Gasteiger partial charge in [-0.1, -0.05) is 51.1 Å². The summed E-state index contributed by atoms with van der Waals surface area (Å²) in [6, 6.07) is 14.6. The monoisotopic (exact) mass is 489 g/mol. The van der Waals surface area contributed by atoms with Gasteiger partial charge in [0.1, 0.15) is 11.5 Å². The first-order valence-corrected chi connectivity index (χ1v) is 12.5. The van der Waals surface area contributed by atoms with Crippen LogP contribution in [0.5, 0.6) is 11.5 Å². The number of methoxy groups -OCH3 is 1. The van der Waals surface area contributed by atoms with Crippen LogP contribution in [0.2, 0.25) is 0 Å².